The molecule has 1 nitrogen and oxygen atoms in total. The van der Waals surface area contributed by atoms with Gasteiger partial charge in [0.25, 0.3) is 0 Å². The van der Waals surface area contributed by atoms with Crippen LogP contribution in [0.3, 0.4) is 0 Å². The molecule has 0 amide bonds. The lowest BCUT2D eigenvalue weighted by Crippen LogP contribution is -2.35. The molecular formula is C35H39N. The number of benzene rings is 4. The quantitative estimate of drug-likeness (QED) is 0.239. The smallest absolute Gasteiger partial charge is 0.0622 e. The summed E-state index contributed by atoms with van der Waals surface area (Å²) in [5.41, 5.74) is 11.3. The van der Waals surface area contributed by atoms with Crippen LogP contribution >= 0.6 is 0 Å². The van der Waals surface area contributed by atoms with Crippen molar-refractivity contribution in [2.75, 3.05) is 5.32 Å². The molecule has 0 spiro atoms. The van der Waals surface area contributed by atoms with Crippen LogP contribution in [-0.4, -0.2) is 0 Å². The second-order valence-electron chi connectivity index (χ2n) is 10.0. The predicted molar refractivity (Wildman–Crippen MR) is 157 cm³/mol. The van der Waals surface area contributed by atoms with Crippen LogP contribution in [-0.2, 0) is 5.54 Å². The minimum Gasteiger partial charge on any atom is -0.375 e. The zero-order valence-electron chi connectivity index (χ0n) is 22.4. The molecule has 4 aromatic rings. The summed E-state index contributed by atoms with van der Waals surface area (Å²) >= 11 is 0. The molecule has 36 heavy (non-hydrogen) atoms. The molecule has 1 N–H and O–H groups in total. The Morgan fingerprint density at radius 3 is 1.97 bits per heavy atom. The normalized spacial score (nSPS) is 13.3. The molecular weight excluding hydrogens is 434 g/mol. The fourth-order valence-electron chi connectivity index (χ4n) is 5.14. The average molecular weight is 474 g/mol. The van der Waals surface area contributed by atoms with Crippen LogP contribution in [0.25, 0.3) is 11.6 Å². The fourth-order valence-corrected chi connectivity index (χ4v) is 5.14. The van der Waals surface area contributed by atoms with Crippen LogP contribution in [0.4, 0.5) is 5.69 Å². The van der Waals surface area contributed by atoms with Crippen LogP contribution in [0.15, 0.2) is 97.1 Å². The largest absolute Gasteiger partial charge is 0.375 e. The van der Waals surface area contributed by atoms with Gasteiger partial charge in [0.1, 0.15) is 0 Å². The Morgan fingerprint density at radius 2 is 1.36 bits per heavy atom. The number of anilines is 1. The molecule has 0 aliphatic carbocycles. The van der Waals surface area contributed by atoms with Crippen molar-refractivity contribution in [3.8, 4) is 0 Å². The molecule has 1 unspecified atom stereocenters. The van der Waals surface area contributed by atoms with E-state index >= 15 is 0 Å². The molecule has 184 valence electrons. The monoisotopic (exact) mass is 473 g/mol. The predicted octanol–water partition coefficient (Wildman–Crippen LogP) is 9.72. The van der Waals surface area contributed by atoms with E-state index in [0.29, 0.717) is 0 Å². The maximum absolute atomic E-state index is 3.96. The number of hydrogen-bond donors (Lipinski definition) is 1. The lowest BCUT2D eigenvalue weighted by Gasteiger charge is -2.36. The van der Waals surface area contributed by atoms with Crippen LogP contribution in [0, 0.1) is 20.8 Å². The molecule has 0 aliphatic heterocycles. The summed E-state index contributed by atoms with van der Waals surface area (Å²) in [5, 5.41) is 3.96. The first-order valence-electron chi connectivity index (χ1n) is 13.2. The topological polar surface area (TPSA) is 12.0 Å². The summed E-state index contributed by atoms with van der Waals surface area (Å²) in [6, 6.07) is 35.4. The van der Waals surface area contributed by atoms with Gasteiger partial charge in [0, 0.05) is 5.69 Å². The zero-order chi connectivity index (χ0) is 25.5. The molecule has 0 aromatic heterocycles. The van der Waals surface area contributed by atoms with Crippen molar-refractivity contribution < 1.29 is 0 Å². The molecule has 4 aromatic carbocycles. The summed E-state index contributed by atoms with van der Waals surface area (Å²) < 4.78 is 0. The van der Waals surface area contributed by atoms with Gasteiger partial charge in [0.2, 0.25) is 0 Å². The van der Waals surface area contributed by atoms with Gasteiger partial charge in [-0.05, 0) is 79.1 Å². The van der Waals surface area contributed by atoms with Gasteiger partial charge in [-0.2, -0.15) is 0 Å². The fraction of sp³-hybridized carbons (Fsp3) is 0.257. The third-order valence-corrected chi connectivity index (χ3v) is 7.26. The van der Waals surface area contributed by atoms with E-state index in [1.165, 1.54) is 50.2 Å². The minimum absolute atomic E-state index is 0.0871. The summed E-state index contributed by atoms with van der Waals surface area (Å²) in [5.74, 6) is 0. The molecule has 0 saturated heterocycles. The van der Waals surface area contributed by atoms with Crippen LogP contribution < -0.4 is 5.32 Å². The van der Waals surface area contributed by atoms with Gasteiger partial charge in [-0.1, -0.05) is 122 Å². The molecule has 1 heteroatoms. The van der Waals surface area contributed by atoms with Gasteiger partial charge in [-0.3, -0.25) is 0 Å². The van der Waals surface area contributed by atoms with Crippen LogP contribution in [0.1, 0.15) is 72.1 Å². The third-order valence-electron chi connectivity index (χ3n) is 7.26. The maximum atomic E-state index is 3.96. The van der Waals surface area contributed by atoms with Crippen molar-refractivity contribution >= 4 is 17.3 Å². The second kappa shape index (κ2) is 11.4. The Morgan fingerprint density at radius 1 is 0.722 bits per heavy atom. The summed E-state index contributed by atoms with van der Waals surface area (Å²) in [4.78, 5) is 0. The Kier molecular flexibility index (Phi) is 8.10. The zero-order valence-corrected chi connectivity index (χ0v) is 22.4. The summed E-state index contributed by atoms with van der Waals surface area (Å²) in [6.07, 6.45) is 5.56. The van der Waals surface area contributed by atoms with Crippen molar-refractivity contribution in [2.24, 2.45) is 0 Å². The number of nitrogens with one attached hydrogen (secondary N) is 1. The van der Waals surface area contributed by atoms with E-state index in [4.69, 9.17) is 0 Å². The molecule has 1 atom stereocenters. The van der Waals surface area contributed by atoms with E-state index in [2.05, 4.69) is 143 Å². The van der Waals surface area contributed by atoms with E-state index in [0.717, 1.165) is 19.3 Å². The summed E-state index contributed by atoms with van der Waals surface area (Å²) in [6.45, 7) is 11.1. The Balaban J connectivity index is 1.71. The first-order valence-corrected chi connectivity index (χ1v) is 13.2. The highest BCUT2D eigenvalue weighted by Crippen LogP contribution is 2.36. The first kappa shape index (κ1) is 25.5. The van der Waals surface area contributed by atoms with Gasteiger partial charge < -0.3 is 5.32 Å². The van der Waals surface area contributed by atoms with Crippen molar-refractivity contribution in [2.45, 2.75) is 59.4 Å². The average Bonchev–Trinajstić information content (AvgIpc) is 2.90. The van der Waals surface area contributed by atoms with E-state index < -0.39 is 0 Å². The molecule has 0 radical (unpaired) electrons. The minimum atomic E-state index is -0.0871. The Hall–Kier alpha value is -3.58. The van der Waals surface area contributed by atoms with E-state index in [1.807, 2.05) is 0 Å². The number of aryl methyl sites for hydroxylation is 3. The summed E-state index contributed by atoms with van der Waals surface area (Å²) in [7, 11) is 0. The molecule has 0 saturated carbocycles. The standard InChI is InChI=1S/C35H39N/c1-6-23-35(7-2,36-34-22-15-27(4)24-28(34)5)32-20-16-29(17-21-32)25-33(30-11-9-8-10-12-30)31-18-13-26(3)14-19-31/h8-22,24-25,36H,6-7,23H2,1-5H3/b33-25-. The molecule has 0 heterocycles. The first-order chi connectivity index (χ1) is 17.4. The second-order valence-corrected chi connectivity index (χ2v) is 10.0. The van der Waals surface area contributed by atoms with Crippen molar-refractivity contribution in [3.05, 3.63) is 136 Å². The Bertz CT molecular complexity index is 1300. The van der Waals surface area contributed by atoms with Gasteiger partial charge >= 0.3 is 0 Å². The lowest BCUT2D eigenvalue weighted by atomic mass is 9.82. The molecule has 0 fully saturated rings. The SMILES string of the molecule is CCCC(CC)(Nc1ccc(C)cc1C)c1ccc(/C=C(/c2ccccc2)c2ccc(C)cc2)cc1. The highest BCUT2D eigenvalue weighted by atomic mass is 15.0. The van der Waals surface area contributed by atoms with Crippen molar-refractivity contribution in [3.63, 3.8) is 0 Å². The number of rotatable bonds is 9. The van der Waals surface area contributed by atoms with Crippen LogP contribution in [0.5, 0.6) is 0 Å². The van der Waals surface area contributed by atoms with Gasteiger partial charge in [0.05, 0.1) is 5.54 Å². The van der Waals surface area contributed by atoms with Crippen LogP contribution in [0.2, 0.25) is 0 Å². The molecule has 0 bridgehead atoms. The van der Waals surface area contributed by atoms with E-state index in [-0.39, 0.29) is 5.54 Å². The van der Waals surface area contributed by atoms with Gasteiger partial charge in [0.15, 0.2) is 0 Å². The van der Waals surface area contributed by atoms with E-state index in [9.17, 15) is 0 Å². The van der Waals surface area contributed by atoms with Gasteiger partial charge in [-0.25, -0.2) is 0 Å². The van der Waals surface area contributed by atoms with Crippen molar-refractivity contribution in [1.29, 1.82) is 0 Å². The van der Waals surface area contributed by atoms with E-state index in [1.54, 1.807) is 0 Å². The highest BCUT2D eigenvalue weighted by Gasteiger charge is 2.29. The molecule has 0 aliphatic rings. The highest BCUT2D eigenvalue weighted by molar-refractivity contribution is 5.91. The number of hydrogen-bond acceptors (Lipinski definition) is 1. The van der Waals surface area contributed by atoms with Crippen molar-refractivity contribution in [1.82, 2.24) is 0 Å². The maximum Gasteiger partial charge on any atom is 0.0622 e. The van der Waals surface area contributed by atoms with Gasteiger partial charge in [-0.15, -0.1) is 0 Å². The third kappa shape index (κ3) is 5.79. The molecule has 4 rings (SSSR count). The lowest BCUT2D eigenvalue weighted by molar-refractivity contribution is 0.428. The Labute approximate surface area is 217 Å².